The Morgan fingerprint density at radius 2 is 2.09 bits per heavy atom. The van der Waals surface area contributed by atoms with Crippen molar-refractivity contribution < 1.29 is 17.6 Å². The van der Waals surface area contributed by atoms with Crippen molar-refractivity contribution >= 4 is 16.1 Å². The van der Waals surface area contributed by atoms with Gasteiger partial charge in [0, 0.05) is 19.1 Å². The summed E-state index contributed by atoms with van der Waals surface area (Å²) >= 11 is 0. The van der Waals surface area contributed by atoms with E-state index in [1.54, 1.807) is 12.1 Å². The third-order valence-corrected chi connectivity index (χ3v) is 5.22. The second-order valence-corrected chi connectivity index (χ2v) is 7.89. The van der Waals surface area contributed by atoms with Gasteiger partial charge in [-0.2, -0.15) is 4.31 Å². The number of carbonyl (C=O) groups excluding carboxylic acids is 1. The van der Waals surface area contributed by atoms with Gasteiger partial charge in [-0.3, -0.25) is 0 Å². The topological polar surface area (TPSA) is 91.7 Å². The van der Waals surface area contributed by atoms with Crippen LogP contribution in [0.5, 0.6) is 0 Å². The van der Waals surface area contributed by atoms with Crippen molar-refractivity contribution in [3.05, 3.63) is 24.2 Å². The van der Waals surface area contributed by atoms with Crippen molar-refractivity contribution in [2.75, 3.05) is 19.3 Å². The van der Waals surface area contributed by atoms with Crippen LogP contribution < -0.4 is 10.6 Å². The lowest BCUT2D eigenvalue weighted by Gasteiger charge is -2.23. The van der Waals surface area contributed by atoms with E-state index in [1.165, 1.54) is 17.0 Å². The molecule has 0 atom stereocenters. The smallest absolute Gasteiger partial charge is 0.315 e. The van der Waals surface area contributed by atoms with Crippen LogP contribution in [0.2, 0.25) is 0 Å². The zero-order chi connectivity index (χ0) is 16.7. The molecule has 2 amide bonds. The Labute approximate surface area is 137 Å². The van der Waals surface area contributed by atoms with E-state index in [4.69, 9.17) is 4.42 Å². The van der Waals surface area contributed by atoms with E-state index in [-0.39, 0.29) is 31.7 Å². The van der Waals surface area contributed by atoms with Crippen LogP contribution in [0.3, 0.4) is 0 Å². The normalized spacial score (nSPS) is 16.4. The van der Waals surface area contributed by atoms with Gasteiger partial charge in [0.15, 0.2) is 0 Å². The Morgan fingerprint density at radius 1 is 1.35 bits per heavy atom. The monoisotopic (exact) mass is 343 g/mol. The summed E-state index contributed by atoms with van der Waals surface area (Å²) in [7, 11) is -3.36. The summed E-state index contributed by atoms with van der Waals surface area (Å²) in [6.07, 6.45) is 8.22. The maximum Gasteiger partial charge on any atom is 0.315 e. The third kappa shape index (κ3) is 6.23. The molecule has 0 aromatic carbocycles. The molecule has 1 fully saturated rings. The number of amides is 2. The molecule has 2 rings (SSSR count). The first-order chi connectivity index (χ1) is 10.9. The van der Waals surface area contributed by atoms with Crippen LogP contribution in [0.15, 0.2) is 22.8 Å². The van der Waals surface area contributed by atoms with Crippen LogP contribution in [0.4, 0.5) is 4.79 Å². The molecule has 0 bridgehead atoms. The van der Waals surface area contributed by atoms with Crippen LogP contribution >= 0.6 is 0 Å². The van der Waals surface area contributed by atoms with Gasteiger partial charge in [-0.15, -0.1) is 0 Å². The van der Waals surface area contributed by atoms with Crippen LogP contribution in [-0.2, 0) is 16.6 Å². The minimum Gasteiger partial charge on any atom is -0.468 e. The van der Waals surface area contributed by atoms with Crippen molar-refractivity contribution in [1.29, 1.82) is 0 Å². The summed E-state index contributed by atoms with van der Waals surface area (Å²) in [5.74, 6) is 0.571. The second-order valence-electron chi connectivity index (χ2n) is 5.91. The van der Waals surface area contributed by atoms with Gasteiger partial charge in [-0.1, -0.05) is 19.3 Å². The Bertz CT molecular complexity index is 580. The molecule has 1 aromatic rings. The number of nitrogens with one attached hydrogen (secondary N) is 2. The SMILES string of the molecule is CS(=O)(=O)N(CCNC(=O)NC1CCCCC1)Cc1ccco1. The van der Waals surface area contributed by atoms with Crippen molar-refractivity contribution in [1.82, 2.24) is 14.9 Å². The fourth-order valence-electron chi connectivity index (χ4n) is 2.72. The summed E-state index contributed by atoms with van der Waals surface area (Å²) in [4.78, 5) is 11.9. The quantitative estimate of drug-likeness (QED) is 0.788. The summed E-state index contributed by atoms with van der Waals surface area (Å²) in [6, 6.07) is 3.44. The highest BCUT2D eigenvalue weighted by molar-refractivity contribution is 7.88. The summed E-state index contributed by atoms with van der Waals surface area (Å²) in [5.41, 5.74) is 0. The molecule has 0 radical (unpaired) electrons. The van der Waals surface area contributed by atoms with Gasteiger partial charge in [0.1, 0.15) is 5.76 Å². The van der Waals surface area contributed by atoms with E-state index in [9.17, 15) is 13.2 Å². The lowest BCUT2D eigenvalue weighted by Crippen LogP contribution is -2.45. The Kier molecular flexibility index (Phi) is 6.47. The minimum absolute atomic E-state index is 0.164. The molecule has 0 aliphatic heterocycles. The zero-order valence-corrected chi connectivity index (χ0v) is 14.3. The molecule has 2 N–H and O–H groups in total. The van der Waals surface area contributed by atoms with E-state index in [0.29, 0.717) is 5.76 Å². The van der Waals surface area contributed by atoms with Crippen molar-refractivity contribution in [3.8, 4) is 0 Å². The Hall–Kier alpha value is -1.54. The minimum atomic E-state index is -3.36. The number of nitrogens with zero attached hydrogens (tertiary/aromatic N) is 1. The van der Waals surface area contributed by atoms with Crippen LogP contribution in [-0.4, -0.2) is 44.1 Å². The van der Waals surface area contributed by atoms with Crippen molar-refractivity contribution in [2.24, 2.45) is 0 Å². The van der Waals surface area contributed by atoms with E-state index >= 15 is 0 Å². The van der Waals surface area contributed by atoms with Crippen molar-refractivity contribution in [3.63, 3.8) is 0 Å². The number of furan rings is 1. The number of sulfonamides is 1. The first-order valence-electron chi connectivity index (χ1n) is 7.97. The highest BCUT2D eigenvalue weighted by Crippen LogP contribution is 2.17. The highest BCUT2D eigenvalue weighted by atomic mass is 32.2. The van der Waals surface area contributed by atoms with Crippen LogP contribution in [0.1, 0.15) is 37.9 Å². The van der Waals surface area contributed by atoms with Gasteiger partial charge in [0.25, 0.3) is 0 Å². The molecule has 0 saturated heterocycles. The van der Waals surface area contributed by atoms with Crippen LogP contribution in [0, 0.1) is 0 Å². The fourth-order valence-corrected chi connectivity index (χ4v) is 3.50. The number of carbonyl (C=O) groups is 1. The van der Waals surface area contributed by atoms with Crippen LogP contribution in [0.25, 0.3) is 0 Å². The summed E-state index contributed by atoms with van der Waals surface area (Å²) < 4.78 is 30.1. The molecule has 0 spiro atoms. The predicted molar refractivity (Wildman–Crippen MR) is 87.4 cm³/mol. The summed E-state index contributed by atoms with van der Waals surface area (Å²) in [5, 5.41) is 5.67. The summed E-state index contributed by atoms with van der Waals surface area (Å²) in [6.45, 7) is 0.627. The average Bonchev–Trinajstić information content (AvgIpc) is 2.99. The predicted octanol–water partition coefficient (Wildman–Crippen LogP) is 1.67. The number of hydrogen-bond donors (Lipinski definition) is 2. The number of urea groups is 1. The van der Waals surface area contributed by atoms with Gasteiger partial charge in [-0.05, 0) is 25.0 Å². The lowest BCUT2D eigenvalue weighted by molar-refractivity contribution is 0.231. The molecule has 130 valence electrons. The standard InChI is InChI=1S/C15H25N3O4S/c1-23(20,21)18(12-14-8-5-11-22-14)10-9-16-15(19)17-13-6-3-2-4-7-13/h5,8,11,13H,2-4,6-7,9-10,12H2,1H3,(H2,16,17,19). The maximum atomic E-state index is 11.9. The maximum absolute atomic E-state index is 11.9. The van der Waals surface area contributed by atoms with Gasteiger partial charge in [-0.25, -0.2) is 13.2 Å². The van der Waals surface area contributed by atoms with Gasteiger partial charge < -0.3 is 15.1 Å². The first kappa shape index (κ1) is 17.8. The van der Waals surface area contributed by atoms with E-state index in [0.717, 1.165) is 31.9 Å². The third-order valence-electron chi connectivity index (χ3n) is 3.97. The molecule has 7 nitrogen and oxygen atoms in total. The average molecular weight is 343 g/mol. The molecule has 1 aliphatic rings. The van der Waals surface area contributed by atoms with E-state index in [1.807, 2.05) is 0 Å². The molecular formula is C15H25N3O4S. The van der Waals surface area contributed by atoms with Gasteiger partial charge >= 0.3 is 6.03 Å². The zero-order valence-electron chi connectivity index (χ0n) is 13.5. The molecule has 1 heterocycles. The van der Waals surface area contributed by atoms with Gasteiger partial charge in [0.05, 0.1) is 19.1 Å². The van der Waals surface area contributed by atoms with E-state index < -0.39 is 10.0 Å². The molecule has 0 unspecified atom stereocenters. The molecule has 8 heteroatoms. The molecule has 1 saturated carbocycles. The Balaban J connectivity index is 1.76. The number of rotatable bonds is 7. The first-order valence-corrected chi connectivity index (χ1v) is 9.82. The van der Waals surface area contributed by atoms with E-state index in [2.05, 4.69) is 10.6 Å². The second kappa shape index (κ2) is 8.35. The molecule has 1 aliphatic carbocycles. The molecule has 23 heavy (non-hydrogen) atoms. The van der Waals surface area contributed by atoms with Crippen molar-refractivity contribution in [2.45, 2.75) is 44.7 Å². The molecule has 1 aromatic heterocycles. The Morgan fingerprint density at radius 3 is 2.70 bits per heavy atom. The highest BCUT2D eigenvalue weighted by Gasteiger charge is 2.19. The fraction of sp³-hybridized carbons (Fsp3) is 0.667. The lowest BCUT2D eigenvalue weighted by atomic mass is 9.96. The largest absolute Gasteiger partial charge is 0.468 e. The van der Waals surface area contributed by atoms with Gasteiger partial charge in [0.2, 0.25) is 10.0 Å². The number of hydrogen-bond acceptors (Lipinski definition) is 4. The molecular weight excluding hydrogens is 318 g/mol.